The van der Waals surface area contributed by atoms with Crippen molar-refractivity contribution in [1.29, 1.82) is 0 Å². The van der Waals surface area contributed by atoms with Crippen molar-refractivity contribution in [3.8, 4) is 0 Å². The maximum absolute atomic E-state index is 13.1. The molecule has 3 aromatic carbocycles. The van der Waals surface area contributed by atoms with Crippen LogP contribution in [0, 0.1) is 0 Å². The molecule has 10 heteroatoms. The molecule has 4 rings (SSSR count). The molecule has 4 N–H and O–H groups in total. The van der Waals surface area contributed by atoms with E-state index in [9.17, 15) is 14.4 Å². The highest BCUT2D eigenvalue weighted by Crippen LogP contribution is 2.29. The Morgan fingerprint density at radius 1 is 0.811 bits per heavy atom. The SMILES string of the molecule is NC(=O)N1CCCN(c2ccc(C(=O)NCc3ccc(Cl)cc3)cc2NC(=O)c2cccc(Cl)c2)CC1. The molecule has 8 nitrogen and oxygen atoms in total. The van der Waals surface area contributed by atoms with Crippen LogP contribution in [0.1, 0.15) is 32.7 Å². The molecule has 0 bridgehead atoms. The van der Waals surface area contributed by atoms with Crippen LogP contribution in [0.3, 0.4) is 0 Å². The Bertz CT molecular complexity index is 1300. The van der Waals surface area contributed by atoms with Crippen LogP contribution in [0.15, 0.2) is 66.7 Å². The van der Waals surface area contributed by atoms with Crippen molar-refractivity contribution in [3.05, 3.63) is 93.5 Å². The van der Waals surface area contributed by atoms with Gasteiger partial charge in [-0.3, -0.25) is 9.59 Å². The number of carbonyl (C=O) groups excluding carboxylic acids is 3. The first-order chi connectivity index (χ1) is 17.8. The molecule has 1 saturated heterocycles. The minimum atomic E-state index is -0.455. The van der Waals surface area contributed by atoms with E-state index in [1.807, 2.05) is 18.2 Å². The Hall–Kier alpha value is -3.75. The zero-order valence-corrected chi connectivity index (χ0v) is 21.6. The number of benzene rings is 3. The smallest absolute Gasteiger partial charge is 0.314 e. The molecular formula is C27H27Cl2N5O3. The highest BCUT2D eigenvalue weighted by molar-refractivity contribution is 6.31. The molecule has 0 saturated carbocycles. The molecule has 1 aliphatic rings. The van der Waals surface area contributed by atoms with Crippen LogP contribution in [0.5, 0.6) is 0 Å². The number of nitrogens with two attached hydrogens (primary N) is 1. The number of amides is 4. The Morgan fingerprint density at radius 2 is 1.57 bits per heavy atom. The zero-order chi connectivity index (χ0) is 26.4. The second-order valence-corrected chi connectivity index (χ2v) is 9.54. The van der Waals surface area contributed by atoms with Crippen LogP contribution in [0.2, 0.25) is 10.0 Å². The molecule has 1 aliphatic heterocycles. The van der Waals surface area contributed by atoms with E-state index >= 15 is 0 Å². The maximum Gasteiger partial charge on any atom is 0.314 e. The number of primary amides is 1. The Balaban J connectivity index is 1.58. The number of hydrogen-bond acceptors (Lipinski definition) is 4. The predicted octanol–water partition coefficient (Wildman–Crippen LogP) is 4.77. The lowest BCUT2D eigenvalue weighted by Crippen LogP contribution is -2.38. The van der Waals surface area contributed by atoms with E-state index in [-0.39, 0.29) is 11.8 Å². The van der Waals surface area contributed by atoms with Gasteiger partial charge < -0.3 is 26.2 Å². The summed E-state index contributed by atoms with van der Waals surface area (Å²) in [6.07, 6.45) is 0.716. The van der Waals surface area contributed by atoms with Gasteiger partial charge in [-0.05, 0) is 60.5 Å². The standard InChI is InChI=1S/C27H27Cl2N5O3/c28-21-8-5-18(6-9-21)17-31-25(35)20-7-10-24(33-11-2-12-34(14-13-33)27(30)37)23(16-20)32-26(36)19-3-1-4-22(29)15-19/h1,3-10,15-16H,2,11-14,17H2,(H2,30,37)(H,31,35)(H,32,36). The summed E-state index contributed by atoms with van der Waals surface area (Å²) in [5, 5.41) is 6.91. The van der Waals surface area contributed by atoms with Crippen LogP contribution in [-0.2, 0) is 6.54 Å². The minimum Gasteiger partial charge on any atom is -0.368 e. The number of rotatable bonds is 6. The molecule has 1 fully saturated rings. The van der Waals surface area contributed by atoms with Crippen LogP contribution >= 0.6 is 23.2 Å². The number of carbonyl (C=O) groups is 3. The van der Waals surface area contributed by atoms with Gasteiger partial charge in [-0.1, -0.05) is 41.4 Å². The molecule has 4 amide bonds. The van der Waals surface area contributed by atoms with Crippen molar-refractivity contribution in [1.82, 2.24) is 10.2 Å². The van der Waals surface area contributed by atoms with Crippen molar-refractivity contribution in [2.24, 2.45) is 5.73 Å². The van der Waals surface area contributed by atoms with Crippen LogP contribution < -0.4 is 21.3 Å². The van der Waals surface area contributed by atoms with Gasteiger partial charge in [0, 0.05) is 53.9 Å². The van der Waals surface area contributed by atoms with Gasteiger partial charge in [0.05, 0.1) is 11.4 Å². The summed E-state index contributed by atoms with van der Waals surface area (Å²) in [5.41, 5.74) is 8.40. The fourth-order valence-electron chi connectivity index (χ4n) is 4.14. The van der Waals surface area contributed by atoms with E-state index in [1.54, 1.807) is 53.4 Å². The topological polar surface area (TPSA) is 108 Å². The molecule has 192 valence electrons. The van der Waals surface area contributed by atoms with Gasteiger partial charge in [0.2, 0.25) is 0 Å². The van der Waals surface area contributed by atoms with Gasteiger partial charge in [0.15, 0.2) is 0 Å². The second kappa shape index (κ2) is 12.0. The third-order valence-electron chi connectivity index (χ3n) is 6.11. The average molecular weight is 540 g/mol. The molecule has 0 spiro atoms. The molecule has 3 aromatic rings. The average Bonchev–Trinajstić information content (AvgIpc) is 3.15. The van der Waals surface area contributed by atoms with Crippen molar-refractivity contribution in [3.63, 3.8) is 0 Å². The van der Waals surface area contributed by atoms with Crippen molar-refractivity contribution < 1.29 is 14.4 Å². The van der Waals surface area contributed by atoms with E-state index in [0.29, 0.717) is 66.0 Å². The van der Waals surface area contributed by atoms with Gasteiger partial charge >= 0.3 is 6.03 Å². The lowest BCUT2D eigenvalue weighted by Gasteiger charge is -2.26. The summed E-state index contributed by atoms with van der Waals surface area (Å²) in [7, 11) is 0. The lowest BCUT2D eigenvalue weighted by molar-refractivity contribution is 0.0949. The fraction of sp³-hybridized carbons (Fsp3) is 0.222. The summed E-state index contributed by atoms with van der Waals surface area (Å²) in [6.45, 7) is 2.54. The van der Waals surface area contributed by atoms with Gasteiger partial charge in [-0.2, -0.15) is 0 Å². The van der Waals surface area contributed by atoms with Crippen molar-refractivity contribution >= 4 is 52.4 Å². The Labute approximate surface area is 225 Å². The largest absolute Gasteiger partial charge is 0.368 e. The van der Waals surface area contributed by atoms with Crippen molar-refractivity contribution in [2.45, 2.75) is 13.0 Å². The number of hydrogen-bond donors (Lipinski definition) is 3. The zero-order valence-electron chi connectivity index (χ0n) is 20.0. The first kappa shape index (κ1) is 26.3. The Kier molecular flexibility index (Phi) is 8.53. The Morgan fingerprint density at radius 3 is 2.30 bits per heavy atom. The van der Waals surface area contributed by atoms with Gasteiger partial charge in [0.25, 0.3) is 11.8 Å². The van der Waals surface area contributed by atoms with E-state index in [1.165, 1.54) is 0 Å². The molecular weight excluding hydrogens is 513 g/mol. The highest BCUT2D eigenvalue weighted by Gasteiger charge is 2.21. The third-order valence-corrected chi connectivity index (χ3v) is 6.60. The third kappa shape index (κ3) is 6.93. The molecule has 0 radical (unpaired) electrons. The number of urea groups is 1. The molecule has 37 heavy (non-hydrogen) atoms. The molecule has 0 aliphatic carbocycles. The van der Waals surface area contributed by atoms with E-state index in [4.69, 9.17) is 28.9 Å². The minimum absolute atomic E-state index is 0.282. The van der Waals surface area contributed by atoms with Gasteiger partial charge in [-0.15, -0.1) is 0 Å². The summed E-state index contributed by atoms with van der Waals surface area (Å²) >= 11 is 12.0. The molecule has 0 aromatic heterocycles. The monoisotopic (exact) mass is 539 g/mol. The normalized spacial score (nSPS) is 13.6. The van der Waals surface area contributed by atoms with Crippen LogP contribution in [0.4, 0.5) is 16.2 Å². The number of anilines is 2. The van der Waals surface area contributed by atoms with Crippen LogP contribution in [-0.4, -0.2) is 48.9 Å². The summed E-state index contributed by atoms with van der Waals surface area (Å²) < 4.78 is 0. The van der Waals surface area contributed by atoms with Crippen molar-refractivity contribution in [2.75, 3.05) is 36.4 Å². The first-order valence-corrected chi connectivity index (χ1v) is 12.6. The summed E-state index contributed by atoms with van der Waals surface area (Å²) in [6, 6.07) is 18.6. The van der Waals surface area contributed by atoms with Gasteiger partial charge in [0.1, 0.15) is 0 Å². The molecule has 1 heterocycles. The quantitative estimate of drug-likeness (QED) is 0.419. The van der Waals surface area contributed by atoms with E-state index < -0.39 is 6.03 Å². The number of nitrogens with one attached hydrogen (secondary N) is 2. The molecule has 0 atom stereocenters. The summed E-state index contributed by atoms with van der Waals surface area (Å²) in [5.74, 6) is -0.633. The second-order valence-electron chi connectivity index (χ2n) is 8.67. The fourth-order valence-corrected chi connectivity index (χ4v) is 4.46. The lowest BCUT2D eigenvalue weighted by atomic mass is 10.1. The first-order valence-electron chi connectivity index (χ1n) is 11.8. The van der Waals surface area contributed by atoms with E-state index in [0.717, 1.165) is 11.3 Å². The maximum atomic E-state index is 13.1. The number of halogens is 2. The van der Waals surface area contributed by atoms with Crippen LogP contribution in [0.25, 0.3) is 0 Å². The van der Waals surface area contributed by atoms with Gasteiger partial charge in [-0.25, -0.2) is 4.79 Å². The highest BCUT2D eigenvalue weighted by atomic mass is 35.5. The molecule has 0 unspecified atom stereocenters. The number of nitrogens with zero attached hydrogens (tertiary/aromatic N) is 2. The van der Waals surface area contributed by atoms with E-state index in [2.05, 4.69) is 15.5 Å². The summed E-state index contributed by atoms with van der Waals surface area (Å²) in [4.78, 5) is 41.4. The predicted molar refractivity (Wildman–Crippen MR) is 146 cm³/mol.